The van der Waals surface area contributed by atoms with Crippen LogP contribution in [-0.2, 0) is 22.7 Å². The Morgan fingerprint density at radius 1 is 1.00 bits per heavy atom. The van der Waals surface area contributed by atoms with Gasteiger partial charge in [-0.2, -0.15) is 0 Å². The summed E-state index contributed by atoms with van der Waals surface area (Å²) in [5, 5.41) is 13.0. The van der Waals surface area contributed by atoms with Crippen molar-refractivity contribution >= 4 is 34.9 Å². The fraction of sp³-hybridized carbons (Fsp3) is 0.333. The first-order chi connectivity index (χ1) is 18.4. The third-order valence-electron chi connectivity index (χ3n) is 7.00. The van der Waals surface area contributed by atoms with Gasteiger partial charge in [-0.15, -0.1) is 11.3 Å². The number of amides is 2. The molecular weight excluding hydrogens is 498 g/mol. The van der Waals surface area contributed by atoms with Gasteiger partial charge in [0.05, 0.1) is 11.5 Å². The molecule has 1 fully saturated rings. The molecule has 0 unspecified atom stereocenters. The Kier molecular flexibility index (Phi) is 9.43. The van der Waals surface area contributed by atoms with Crippen LogP contribution in [0.2, 0.25) is 0 Å². The van der Waals surface area contributed by atoms with Crippen LogP contribution in [0.1, 0.15) is 53.7 Å². The Hall–Kier alpha value is -3.78. The lowest BCUT2D eigenvalue weighted by atomic mass is 9.94. The summed E-state index contributed by atoms with van der Waals surface area (Å²) in [5.74, 6) is -0.292. The van der Waals surface area contributed by atoms with Crippen LogP contribution >= 0.6 is 11.3 Å². The monoisotopic (exact) mass is 531 g/mol. The van der Waals surface area contributed by atoms with Gasteiger partial charge in [-0.05, 0) is 66.1 Å². The second-order valence-corrected chi connectivity index (χ2v) is 10.7. The van der Waals surface area contributed by atoms with Crippen LogP contribution in [0.3, 0.4) is 0 Å². The number of benzene rings is 2. The lowest BCUT2D eigenvalue weighted by molar-refractivity contribution is -0.384. The van der Waals surface area contributed by atoms with Crippen LogP contribution in [0, 0.1) is 17.0 Å². The van der Waals surface area contributed by atoms with E-state index in [4.69, 9.17) is 0 Å². The fourth-order valence-electron chi connectivity index (χ4n) is 4.77. The van der Waals surface area contributed by atoms with Crippen LogP contribution in [-0.4, -0.2) is 39.1 Å². The number of nitro groups is 1. The number of aryl methyl sites for hydroxylation is 1. The van der Waals surface area contributed by atoms with Gasteiger partial charge in [0.2, 0.25) is 11.8 Å². The maximum absolute atomic E-state index is 13.8. The number of hydrogen-bond acceptors (Lipinski definition) is 5. The number of nitrogens with zero attached hydrogens (tertiary/aromatic N) is 3. The zero-order valence-corrected chi connectivity index (χ0v) is 22.4. The molecular formula is C30H33N3O4S. The second-order valence-electron chi connectivity index (χ2n) is 9.70. The summed E-state index contributed by atoms with van der Waals surface area (Å²) in [6.45, 7) is 3.05. The van der Waals surface area contributed by atoms with Gasteiger partial charge in [0.1, 0.15) is 6.54 Å². The maximum Gasteiger partial charge on any atom is 0.269 e. The Bertz CT molecular complexity index is 1260. The average Bonchev–Trinajstić information content (AvgIpc) is 3.35. The quantitative estimate of drug-likeness (QED) is 0.173. The van der Waals surface area contributed by atoms with Gasteiger partial charge in [-0.25, -0.2) is 0 Å². The first kappa shape index (κ1) is 27.3. The molecule has 1 saturated carbocycles. The molecule has 0 aliphatic heterocycles. The molecule has 0 atom stereocenters. The molecule has 198 valence electrons. The van der Waals surface area contributed by atoms with Crippen molar-refractivity contribution in [1.29, 1.82) is 0 Å². The molecule has 0 bridgehead atoms. The standard InChI is InChI=1S/C30H33N3O4S/c1-23-18-19-38-28(23)21-31(20-25-8-4-2-5-9-25)30(35)22-32(26-10-6-3-7-11-26)29(34)17-14-24-12-15-27(16-13-24)33(36)37/h2,4-5,8-9,12-19,26H,3,6-7,10-11,20-22H2,1H3. The van der Waals surface area contributed by atoms with Gasteiger partial charge >= 0.3 is 0 Å². The molecule has 1 aliphatic rings. The van der Waals surface area contributed by atoms with Crippen LogP contribution in [0.25, 0.3) is 6.08 Å². The van der Waals surface area contributed by atoms with E-state index >= 15 is 0 Å². The molecule has 4 rings (SSSR count). The SMILES string of the molecule is Cc1ccsc1CN(Cc1ccccc1)C(=O)CN(C(=O)C=Cc1ccc([N+](=O)[O-])cc1)C1CCCCC1. The summed E-state index contributed by atoms with van der Waals surface area (Å²) in [6, 6.07) is 18.1. The third kappa shape index (κ3) is 7.38. The molecule has 0 spiro atoms. The highest BCUT2D eigenvalue weighted by atomic mass is 32.1. The second kappa shape index (κ2) is 13.1. The molecule has 0 N–H and O–H groups in total. The number of carbonyl (C=O) groups is 2. The van der Waals surface area contributed by atoms with Gasteiger partial charge < -0.3 is 9.80 Å². The van der Waals surface area contributed by atoms with Crippen molar-refractivity contribution in [3.05, 3.63) is 104 Å². The van der Waals surface area contributed by atoms with Gasteiger partial charge in [0.25, 0.3) is 5.69 Å². The van der Waals surface area contributed by atoms with E-state index in [1.165, 1.54) is 18.2 Å². The first-order valence-corrected chi connectivity index (χ1v) is 13.9. The molecule has 8 heteroatoms. The van der Waals surface area contributed by atoms with Gasteiger partial charge in [0.15, 0.2) is 0 Å². The van der Waals surface area contributed by atoms with E-state index in [-0.39, 0.29) is 30.1 Å². The zero-order valence-electron chi connectivity index (χ0n) is 21.6. The smallest absolute Gasteiger partial charge is 0.269 e. The van der Waals surface area contributed by atoms with Crippen molar-refractivity contribution in [2.75, 3.05) is 6.54 Å². The summed E-state index contributed by atoms with van der Waals surface area (Å²) in [4.78, 5) is 42.4. The van der Waals surface area contributed by atoms with Gasteiger partial charge in [0, 0.05) is 35.7 Å². The summed E-state index contributed by atoms with van der Waals surface area (Å²) in [5.41, 5.74) is 2.90. The predicted octanol–water partition coefficient (Wildman–Crippen LogP) is 6.37. The van der Waals surface area contributed by atoms with Crippen molar-refractivity contribution in [2.24, 2.45) is 0 Å². The molecule has 1 heterocycles. The lowest BCUT2D eigenvalue weighted by Gasteiger charge is -2.35. The number of hydrogen-bond donors (Lipinski definition) is 0. The van der Waals surface area contributed by atoms with Crippen molar-refractivity contribution in [3.63, 3.8) is 0 Å². The van der Waals surface area contributed by atoms with E-state index in [0.717, 1.165) is 48.1 Å². The van der Waals surface area contributed by atoms with Crippen LogP contribution in [0.4, 0.5) is 5.69 Å². The number of carbonyl (C=O) groups excluding carboxylic acids is 2. The molecule has 7 nitrogen and oxygen atoms in total. The molecule has 2 aromatic carbocycles. The number of nitro benzene ring substituents is 1. The van der Waals surface area contributed by atoms with Crippen LogP contribution in [0.15, 0.2) is 72.1 Å². The lowest BCUT2D eigenvalue weighted by Crippen LogP contribution is -2.47. The number of thiophene rings is 1. The molecule has 38 heavy (non-hydrogen) atoms. The fourth-order valence-corrected chi connectivity index (χ4v) is 5.69. The Morgan fingerprint density at radius 2 is 1.71 bits per heavy atom. The topological polar surface area (TPSA) is 83.8 Å². The van der Waals surface area contributed by atoms with E-state index in [0.29, 0.717) is 18.7 Å². The normalized spacial score (nSPS) is 13.9. The minimum Gasteiger partial charge on any atom is -0.332 e. The Morgan fingerprint density at radius 3 is 2.34 bits per heavy atom. The Labute approximate surface area is 227 Å². The van der Waals surface area contributed by atoms with E-state index in [2.05, 4.69) is 13.0 Å². The highest BCUT2D eigenvalue weighted by Crippen LogP contribution is 2.25. The van der Waals surface area contributed by atoms with Crippen molar-refractivity contribution in [2.45, 2.75) is 58.2 Å². The van der Waals surface area contributed by atoms with Crippen LogP contribution in [0.5, 0.6) is 0 Å². The predicted molar refractivity (Wildman–Crippen MR) is 150 cm³/mol. The molecule has 0 radical (unpaired) electrons. The maximum atomic E-state index is 13.8. The number of non-ortho nitro benzene ring substituents is 1. The van der Waals surface area contributed by atoms with Gasteiger partial charge in [-0.3, -0.25) is 19.7 Å². The summed E-state index contributed by atoms with van der Waals surface area (Å²) in [7, 11) is 0. The minimum atomic E-state index is -0.450. The minimum absolute atomic E-state index is 0.00221. The van der Waals surface area contributed by atoms with E-state index < -0.39 is 4.92 Å². The molecule has 3 aromatic rings. The van der Waals surface area contributed by atoms with E-state index in [9.17, 15) is 19.7 Å². The van der Waals surface area contributed by atoms with Crippen LogP contribution < -0.4 is 0 Å². The molecule has 2 amide bonds. The highest BCUT2D eigenvalue weighted by molar-refractivity contribution is 7.10. The molecule has 1 aliphatic carbocycles. The molecule has 1 aromatic heterocycles. The number of rotatable bonds is 10. The van der Waals surface area contributed by atoms with Crippen molar-refractivity contribution in [1.82, 2.24) is 9.80 Å². The van der Waals surface area contributed by atoms with Crippen molar-refractivity contribution in [3.8, 4) is 0 Å². The summed E-state index contributed by atoms with van der Waals surface area (Å²) >= 11 is 1.64. The van der Waals surface area contributed by atoms with Crippen molar-refractivity contribution < 1.29 is 14.5 Å². The summed E-state index contributed by atoms with van der Waals surface area (Å²) < 4.78 is 0. The Balaban J connectivity index is 1.53. The molecule has 0 saturated heterocycles. The zero-order chi connectivity index (χ0) is 26.9. The van der Waals surface area contributed by atoms with Gasteiger partial charge in [-0.1, -0.05) is 49.6 Å². The van der Waals surface area contributed by atoms with E-state index in [1.807, 2.05) is 40.6 Å². The first-order valence-electron chi connectivity index (χ1n) is 13.0. The van der Waals surface area contributed by atoms with E-state index in [1.54, 1.807) is 34.4 Å². The third-order valence-corrected chi connectivity index (χ3v) is 8.01. The summed E-state index contributed by atoms with van der Waals surface area (Å²) in [6.07, 6.45) is 8.12. The average molecular weight is 532 g/mol. The highest BCUT2D eigenvalue weighted by Gasteiger charge is 2.28. The largest absolute Gasteiger partial charge is 0.332 e.